The SMILES string of the molecule is COCC(C)NC(C)C1CCOC1. The lowest BCUT2D eigenvalue weighted by Gasteiger charge is -2.23. The van der Waals surface area contributed by atoms with Crippen LogP contribution in [0.1, 0.15) is 20.3 Å². The first-order valence-corrected chi connectivity index (χ1v) is 5.06. The molecule has 1 fully saturated rings. The normalized spacial score (nSPS) is 27.5. The maximum Gasteiger partial charge on any atom is 0.0613 e. The largest absolute Gasteiger partial charge is 0.383 e. The minimum absolute atomic E-state index is 0.431. The van der Waals surface area contributed by atoms with Gasteiger partial charge in [0.25, 0.3) is 0 Å². The molecule has 1 aliphatic heterocycles. The number of methoxy groups -OCH3 is 1. The molecule has 3 nitrogen and oxygen atoms in total. The second-order valence-corrected chi connectivity index (χ2v) is 3.94. The molecule has 78 valence electrons. The Hall–Kier alpha value is -0.120. The van der Waals surface area contributed by atoms with Gasteiger partial charge in [-0.1, -0.05) is 0 Å². The van der Waals surface area contributed by atoms with E-state index in [1.54, 1.807) is 7.11 Å². The van der Waals surface area contributed by atoms with Crippen LogP contribution in [0.4, 0.5) is 0 Å². The van der Waals surface area contributed by atoms with E-state index < -0.39 is 0 Å². The Morgan fingerprint density at radius 3 is 2.85 bits per heavy atom. The highest BCUT2D eigenvalue weighted by molar-refractivity contribution is 4.77. The van der Waals surface area contributed by atoms with Crippen molar-refractivity contribution in [3.63, 3.8) is 0 Å². The van der Waals surface area contributed by atoms with E-state index in [1.807, 2.05) is 0 Å². The molecule has 0 aromatic rings. The van der Waals surface area contributed by atoms with Crippen LogP contribution in [0.15, 0.2) is 0 Å². The Bertz CT molecular complexity index is 135. The molecule has 0 saturated carbocycles. The molecule has 1 aliphatic rings. The maximum absolute atomic E-state index is 5.35. The lowest BCUT2D eigenvalue weighted by Crippen LogP contribution is -2.41. The van der Waals surface area contributed by atoms with Gasteiger partial charge in [-0.05, 0) is 26.2 Å². The number of hydrogen-bond acceptors (Lipinski definition) is 3. The molecule has 1 saturated heterocycles. The van der Waals surface area contributed by atoms with Gasteiger partial charge in [-0.25, -0.2) is 0 Å². The predicted octanol–water partition coefficient (Wildman–Crippen LogP) is 1.04. The van der Waals surface area contributed by atoms with Gasteiger partial charge >= 0.3 is 0 Å². The number of ether oxygens (including phenoxy) is 2. The maximum atomic E-state index is 5.35. The topological polar surface area (TPSA) is 30.5 Å². The molecule has 3 atom stereocenters. The fourth-order valence-electron chi connectivity index (χ4n) is 1.83. The van der Waals surface area contributed by atoms with Crippen molar-refractivity contribution in [2.45, 2.75) is 32.4 Å². The summed E-state index contributed by atoms with van der Waals surface area (Å²) in [5, 5.41) is 3.52. The average Bonchev–Trinajstić information content (AvgIpc) is 2.55. The molecule has 13 heavy (non-hydrogen) atoms. The van der Waals surface area contributed by atoms with Crippen molar-refractivity contribution >= 4 is 0 Å². The van der Waals surface area contributed by atoms with Gasteiger partial charge < -0.3 is 14.8 Å². The van der Waals surface area contributed by atoms with E-state index in [-0.39, 0.29) is 0 Å². The first-order chi connectivity index (χ1) is 6.24. The fraction of sp³-hybridized carbons (Fsp3) is 1.00. The van der Waals surface area contributed by atoms with Crippen LogP contribution in [-0.2, 0) is 9.47 Å². The lowest BCUT2D eigenvalue weighted by molar-refractivity contribution is 0.152. The van der Waals surface area contributed by atoms with Gasteiger partial charge in [-0.3, -0.25) is 0 Å². The van der Waals surface area contributed by atoms with Crippen molar-refractivity contribution in [3.05, 3.63) is 0 Å². The Balaban J connectivity index is 2.18. The van der Waals surface area contributed by atoms with Crippen LogP contribution < -0.4 is 5.32 Å². The summed E-state index contributed by atoms with van der Waals surface area (Å²) in [5.41, 5.74) is 0. The molecule has 0 amide bonds. The molecule has 0 spiro atoms. The summed E-state index contributed by atoms with van der Waals surface area (Å²) >= 11 is 0. The Kier molecular flexibility index (Phi) is 4.70. The predicted molar refractivity (Wildman–Crippen MR) is 52.9 cm³/mol. The summed E-state index contributed by atoms with van der Waals surface area (Å²) in [6.45, 7) is 6.99. The summed E-state index contributed by atoms with van der Waals surface area (Å²) < 4.78 is 10.4. The van der Waals surface area contributed by atoms with Crippen LogP contribution in [0.2, 0.25) is 0 Å². The van der Waals surface area contributed by atoms with E-state index in [4.69, 9.17) is 9.47 Å². The minimum Gasteiger partial charge on any atom is -0.383 e. The third-order valence-corrected chi connectivity index (χ3v) is 2.64. The molecule has 0 aromatic heterocycles. The second-order valence-electron chi connectivity index (χ2n) is 3.94. The fourth-order valence-corrected chi connectivity index (χ4v) is 1.83. The van der Waals surface area contributed by atoms with E-state index in [1.165, 1.54) is 6.42 Å². The summed E-state index contributed by atoms with van der Waals surface area (Å²) in [6.07, 6.45) is 1.19. The summed E-state index contributed by atoms with van der Waals surface area (Å²) in [5.74, 6) is 0.680. The number of rotatable bonds is 5. The third-order valence-electron chi connectivity index (χ3n) is 2.64. The highest BCUT2D eigenvalue weighted by Gasteiger charge is 2.22. The first kappa shape index (κ1) is 11.0. The van der Waals surface area contributed by atoms with Crippen LogP contribution in [0, 0.1) is 5.92 Å². The van der Waals surface area contributed by atoms with E-state index >= 15 is 0 Å². The van der Waals surface area contributed by atoms with Crippen molar-refractivity contribution in [2.75, 3.05) is 26.9 Å². The average molecular weight is 187 g/mol. The van der Waals surface area contributed by atoms with Crippen molar-refractivity contribution in [2.24, 2.45) is 5.92 Å². The molecule has 3 unspecified atom stereocenters. The van der Waals surface area contributed by atoms with Gasteiger partial charge in [0, 0.05) is 25.8 Å². The third kappa shape index (κ3) is 3.63. The van der Waals surface area contributed by atoms with Crippen molar-refractivity contribution in [1.82, 2.24) is 5.32 Å². The molecule has 0 radical (unpaired) electrons. The Labute approximate surface area is 80.8 Å². The van der Waals surface area contributed by atoms with Gasteiger partial charge in [0.2, 0.25) is 0 Å². The second kappa shape index (κ2) is 5.58. The molecule has 0 aliphatic carbocycles. The molecule has 1 N–H and O–H groups in total. The number of nitrogens with one attached hydrogen (secondary N) is 1. The van der Waals surface area contributed by atoms with Gasteiger partial charge in [-0.15, -0.1) is 0 Å². The highest BCUT2D eigenvalue weighted by atomic mass is 16.5. The minimum atomic E-state index is 0.431. The molecule has 0 aromatic carbocycles. The summed E-state index contributed by atoms with van der Waals surface area (Å²) in [6, 6.07) is 0.966. The van der Waals surface area contributed by atoms with E-state index in [9.17, 15) is 0 Å². The lowest BCUT2D eigenvalue weighted by atomic mass is 10.0. The molecule has 0 bridgehead atoms. The van der Waals surface area contributed by atoms with Crippen molar-refractivity contribution < 1.29 is 9.47 Å². The quantitative estimate of drug-likeness (QED) is 0.697. The van der Waals surface area contributed by atoms with Gasteiger partial charge in [-0.2, -0.15) is 0 Å². The Morgan fingerprint density at radius 1 is 1.54 bits per heavy atom. The molecule has 1 rings (SSSR count). The van der Waals surface area contributed by atoms with Crippen molar-refractivity contribution in [3.8, 4) is 0 Å². The van der Waals surface area contributed by atoms with Crippen LogP contribution >= 0.6 is 0 Å². The first-order valence-electron chi connectivity index (χ1n) is 5.06. The number of hydrogen-bond donors (Lipinski definition) is 1. The van der Waals surface area contributed by atoms with Crippen LogP contribution in [0.3, 0.4) is 0 Å². The standard InChI is InChI=1S/C10H21NO2/c1-8(6-12-3)11-9(2)10-4-5-13-7-10/h8-11H,4-7H2,1-3H3. The summed E-state index contributed by atoms with van der Waals surface area (Å²) in [4.78, 5) is 0. The van der Waals surface area contributed by atoms with Gasteiger partial charge in [0.05, 0.1) is 13.2 Å². The molecule has 1 heterocycles. The van der Waals surface area contributed by atoms with Gasteiger partial charge in [0.15, 0.2) is 0 Å². The monoisotopic (exact) mass is 187 g/mol. The zero-order valence-corrected chi connectivity index (χ0v) is 8.88. The molecule has 3 heteroatoms. The molecular formula is C10H21NO2. The Morgan fingerprint density at radius 2 is 2.31 bits per heavy atom. The molecular weight excluding hydrogens is 166 g/mol. The van der Waals surface area contributed by atoms with Crippen LogP contribution in [0.25, 0.3) is 0 Å². The van der Waals surface area contributed by atoms with E-state index in [0.29, 0.717) is 18.0 Å². The smallest absolute Gasteiger partial charge is 0.0613 e. The van der Waals surface area contributed by atoms with Crippen LogP contribution in [0.5, 0.6) is 0 Å². The highest BCUT2D eigenvalue weighted by Crippen LogP contribution is 2.16. The zero-order valence-electron chi connectivity index (χ0n) is 8.88. The zero-order chi connectivity index (χ0) is 9.68. The summed E-state index contributed by atoms with van der Waals surface area (Å²) in [7, 11) is 1.74. The van der Waals surface area contributed by atoms with Gasteiger partial charge in [0.1, 0.15) is 0 Å². The van der Waals surface area contributed by atoms with E-state index in [0.717, 1.165) is 19.8 Å². The van der Waals surface area contributed by atoms with Crippen LogP contribution in [-0.4, -0.2) is 39.0 Å². The van der Waals surface area contributed by atoms with Crippen molar-refractivity contribution in [1.29, 1.82) is 0 Å². The van der Waals surface area contributed by atoms with E-state index in [2.05, 4.69) is 19.2 Å².